The van der Waals surface area contributed by atoms with Gasteiger partial charge in [0.15, 0.2) is 0 Å². The zero-order valence-corrected chi connectivity index (χ0v) is 12.6. The fourth-order valence-electron chi connectivity index (χ4n) is 2.63. The van der Waals surface area contributed by atoms with E-state index in [1.165, 1.54) is 5.56 Å². The molecule has 20 heavy (non-hydrogen) atoms. The van der Waals surface area contributed by atoms with Crippen LogP contribution in [-0.2, 0) is 6.54 Å². The highest BCUT2D eigenvalue weighted by Gasteiger charge is 2.23. The molecule has 0 aromatic heterocycles. The van der Waals surface area contributed by atoms with Crippen molar-refractivity contribution in [2.75, 3.05) is 39.3 Å². The van der Waals surface area contributed by atoms with Gasteiger partial charge in [-0.15, -0.1) is 0 Å². The summed E-state index contributed by atoms with van der Waals surface area (Å²) >= 11 is 0. The standard InChI is InChI=1S/C16H25N3O/c1-3-18(4-2)16(20)19-12-10-17(11-13-19)14-15-8-6-5-7-9-15/h5-9H,3-4,10-14H2,1-2H3/i16-1. The maximum Gasteiger partial charge on any atom is 0.320 e. The minimum Gasteiger partial charge on any atom is -0.325 e. The van der Waals surface area contributed by atoms with Crippen LogP contribution in [0.5, 0.6) is 0 Å². The lowest BCUT2D eigenvalue weighted by molar-refractivity contribution is 0.112. The highest BCUT2D eigenvalue weighted by atomic mass is 16.1. The Balaban J connectivity index is 1.82. The molecule has 1 heterocycles. The first kappa shape index (κ1) is 14.9. The van der Waals surface area contributed by atoms with Crippen LogP contribution >= 0.6 is 0 Å². The van der Waals surface area contributed by atoms with Gasteiger partial charge in [-0.1, -0.05) is 30.3 Å². The average Bonchev–Trinajstić information content (AvgIpc) is 2.50. The summed E-state index contributed by atoms with van der Waals surface area (Å²) in [6.07, 6.45) is 0. The van der Waals surface area contributed by atoms with Crippen molar-refractivity contribution >= 4 is 6.03 Å². The minimum absolute atomic E-state index is 0.189. The molecule has 1 aromatic rings. The Bertz CT molecular complexity index is 409. The van der Waals surface area contributed by atoms with Gasteiger partial charge in [0.2, 0.25) is 0 Å². The van der Waals surface area contributed by atoms with Crippen LogP contribution in [0.25, 0.3) is 0 Å². The maximum absolute atomic E-state index is 12.3. The summed E-state index contributed by atoms with van der Waals surface area (Å²) in [6, 6.07) is 10.7. The third-order valence-electron chi connectivity index (χ3n) is 3.93. The lowest BCUT2D eigenvalue weighted by Gasteiger charge is -2.37. The van der Waals surface area contributed by atoms with E-state index in [9.17, 15) is 4.79 Å². The van der Waals surface area contributed by atoms with Crippen molar-refractivity contribution < 1.29 is 4.79 Å². The Labute approximate surface area is 122 Å². The van der Waals surface area contributed by atoms with Gasteiger partial charge in [0.25, 0.3) is 0 Å². The van der Waals surface area contributed by atoms with Crippen LogP contribution in [0.2, 0.25) is 0 Å². The lowest BCUT2D eigenvalue weighted by Crippen LogP contribution is -2.52. The van der Waals surface area contributed by atoms with Gasteiger partial charge in [0.1, 0.15) is 0 Å². The van der Waals surface area contributed by atoms with Gasteiger partial charge in [-0.2, -0.15) is 0 Å². The van der Waals surface area contributed by atoms with Crippen molar-refractivity contribution in [2.45, 2.75) is 20.4 Å². The van der Waals surface area contributed by atoms with E-state index < -0.39 is 0 Å². The molecule has 0 radical (unpaired) electrons. The van der Waals surface area contributed by atoms with Gasteiger partial charge in [-0.25, -0.2) is 4.79 Å². The van der Waals surface area contributed by atoms with Crippen molar-refractivity contribution in [1.82, 2.24) is 14.7 Å². The van der Waals surface area contributed by atoms with E-state index in [4.69, 9.17) is 0 Å². The molecule has 1 saturated heterocycles. The number of carbonyl (C=O) groups excluding carboxylic acids is 1. The van der Waals surface area contributed by atoms with Gasteiger partial charge in [0.05, 0.1) is 0 Å². The van der Waals surface area contributed by atoms with Crippen molar-refractivity contribution in [1.29, 1.82) is 0 Å². The van der Waals surface area contributed by atoms with E-state index in [0.29, 0.717) is 0 Å². The van der Waals surface area contributed by atoms with Crippen LogP contribution in [0.15, 0.2) is 30.3 Å². The zero-order chi connectivity index (χ0) is 14.4. The predicted octanol–water partition coefficient (Wildman–Crippen LogP) is 2.27. The summed E-state index contributed by atoms with van der Waals surface area (Å²) in [7, 11) is 0. The normalized spacial score (nSPS) is 16.2. The molecule has 0 unspecified atom stereocenters. The summed E-state index contributed by atoms with van der Waals surface area (Å²) in [5.74, 6) is 0. The number of hydrogen-bond acceptors (Lipinski definition) is 2. The van der Waals surface area contributed by atoms with Crippen LogP contribution in [-0.4, -0.2) is 60.0 Å². The molecule has 1 aliphatic rings. The Morgan fingerprint density at radius 1 is 1.05 bits per heavy atom. The van der Waals surface area contributed by atoms with Crippen molar-refractivity contribution in [3.8, 4) is 0 Å². The second kappa shape index (κ2) is 7.29. The third kappa shape index (κ3) is 3.73. The molecule has 1 aliphatic heterocycles. The topological polar surface area (TPSA) is 26.8 Å². The van der Waals surface area contributed by atoms with Gasteiger partial charge in [-0.3, -0.25) is 4.90 Å². The van der Waals surface area contributed by atoms with Crippen molar-refractivity contribution in [3.05, 3.63) is 35.9 Å². The van der Waals surface area contributed by atoms with Gasteiger partial charge in [0, 0.05) is 45.8 Å². The van der Waals surface area contributed by atoms with E-state index >= 15 is 0 Å². The van der Waals surface area contributed by atoms with E-state index in [2.05, 4.69) is 29.2 Å². The number of piperazine rings is 1. The fraction of sp³-hybridized carbons (Fsp3) is 0.562. The second-order valence-electron chi connectivity index (χ2n) is 5.20. The highest BCUT2D eigenvalue weighted by Crippen LogP contribution is 2.10. The number of rotatable bonds is 4. The largest absolute Gasteiger partial charge is 0.325 e. The lowest BCUT2D eigenvalue weighted by atomic mass is 10.1. The molecule has 0 atom stereocenters. The molecule has 110 valence electrons. The van der Waals surface area contributed by atoms with E-state index in [1.807, 2.05) is 29.7 Å². The fourth-order valence-corrected chi connectivity index (χ4v) is 2.63. The molecule has 0 saturated carbocycles. The minimum atomic E-state index is 0.189. The number of carbonyl (C=O) groups is 1. The van der Waals surface area contributed by atoms with Crippen LogP contribution in [0.1, 0.15) is 19.4 Å². The zero-order valence-electron chi connectivity index (χ0n) is 12.6. The monoisotopic (exact) mass is 274 g/mol. The molecule has 0 bridgehead atoms. The molecule has 4 heteroatoms. The molecule has 4 nitrogen and oxygen atoms in total. The quantitative estimate of drug-likeness (QED) is 0.842. The van der Waals surface area contributed by atoms with Gasteiger partial charge < -0.3 is 9.80 Å². The van der Waals surface area contributed by atoms with E-state index in [-0.39, 0.29) is 6.03 Å². The number of amides is 2. The van der Waals surface area contributed by atoms with Crippen molar-refractivity contribution in [3.63, 3.8) is 0 Å². The summed E-state index contributed by atoms with van der Waals surface area (Å²) in [4.78, 5) is 18.6. The third-order valence-corrected chi connectivity index (χ3v) is 3.93. The highest BCUT2D eigenvalue weighted by molar-refractivity contribution is 5.74. The maximum atomic E-state index is 12.3. The number of nitrogens with zero attached hydrogens (tertiary/aromatic N) is 3. The Kier molecular flexibility index (Phi) is 5.41. The number of urea groups is 1. The van der Waals surface area contributed by atoms with Gasteiger partial charge >= 0.3 is 6.03 Å². The SMILES string of the molecule is CCN(CC)[11C](=O)N1CCN(Cc2ccccc2)CC1. The number of hydrogen-bond donors (Lipinski definition) is 0. The van der Waals surface area contributed by atoms with Crippen LogP contribution < -0.4 is 0 Å². The Morgan fingerprint density at radius 2 is 1.65 bits per heavy atom. The molecule has 2 amide bonds. The predicted molar refractivity (Wildman–Crippen MR) is 81.6 cm³/mol. The first-order valence-corrected chi connectivity index (χ1v) is 7.54. The summed E-state index contributed by atoms with van der Waals surface area (Å²) < 4.78 is 0. The smallest absolute Gasteiger partial charge is 0.320 e. The van der Waals surface area contributed by atoms with Crippen LogP contribution in [0.3, 0.4) is 0 Å². The Morgan fingerprint density at radius 3 is 2.20 bits per heavy atom. The molecule has 0 N–H and O–H groups in total. The first-order chi connectivity index (χ1) is 9.74. The van der Waals surface area contributed by atoms with Crippen LogP contribution in [0, 0.1) is 0 Å². The first-order valence-electron chi connectivity index (χ1n) is 7.54. The average molecular weight is 274 g/mol. The Hall–Kier alpha value is -1.55. The summed E-state index contributed by atoms with van der Waals surface area (Å²) in [5, 5.41) is 0. The van der Waals surface area contributed by atoms with Gasteiger partial charge in [-0.05, 0) is 19.4 Å². The molecule has 0 spiro atoms. The van der Waals surface area contributed by atoms with Crippen molar-refractivity contribution in [2.24, 2.45) is 0 Å². The molecule has 1 fully saturated rings. The summed E-state index contributed by atoms with van der Waals surface area (Å²) in [5.41, 5.74) is 1.34. The molecular weight excluding hydrogens is 249 g/mol. The summed E-state index contributed by atoms with van der Waals surface area (Å²) in [6.45, 7) is 10.2. The molecule has 0 aliphatic carbocycles. The molecule has 2 rings (SSSR count). The molecular formula is C16H25N3O. The van der Waals surface area contributed by atoms with Crippen LogP contribution in [0.4, 0.5) is 4.79 Å². The molecule has 1 aromatic carbocycles. The second-order valence-corrected chi connectivity index (χ2v) is 5.20. The van der Waals surface area contributed by atoms with E-state index in [0.717, 1.165) is 45.8 Å². The van der Waals surface area contributed by atoms with E-state index in [1.54, 1.807) is 0 Å². The number of benzene rings is 1.